The fourth-order valence-corrected chi connectivity index (χ4v) is 2.97. The monoisotopic (exact) mass is 378 g/mol. The number of aromatic nitrogens is 2. The molecule has 1 aliphatic heterocycles. The lowest BCUT2D eigenvalue weighted by molar-refractivity contribution is -0.120. The van der Waals surface area contributed by atoms with Crippen molar-refractivity contribution in [1.29, 1.82) is 0 Å². The summed E-state index contributed by atoms with van der Waals surface area (Å²) in [7, 11) is 3.34. The summed E-state index contributed by atoms with van der Waals surface area (Å²) in [6, 6.07) is 10.5. The zero-order valence-electron chi connectivity index (χ0n) is 15.5. The lowest BCUT2D eigenvalue weighted by Gasteiger charge is -2.26. The molecule has 8 heteroatoms. The maximum absolute atomic E-state index is 12.8. The molecule has 0 N–H and O–H groups in total. The molecule has 0 saturated heterocycles. The molecule has 1 aromatic carbocycles. The first-order valence-electron chi connectivity index (χ1n) is 8.68. The van der Waals surface area contributed by atoms with Gasteiger partial charge in [0.05, 0.1) is 12.2 Å². The van der Waals surface area contributed by atoms with Crippen LogP contribution in [0.15, 0.2) is 53.3 Å². The molecule has 3 heterocycles. The van der Waals surface area contributed by atoms with Crippen molar-refractivity contribution < 1.29 is 18.8 Å². The van der Waals surface area contributed by atoms with E-state index in [2.05, 4.69) is 10.1 Å². The number of likely N-dealkylation sites (N-methyl/N-ethyl adjacent to an activating group) is 1. The van der Waals surface area contributed by atoms with Gasteiger partial charge in [0.2, 0.25) is 0 Å². The van der Waals surface area contributed by atoms with Crippen molar-refractivity contribution in [3.8, 4) is 17.0 Å². The number of pyridine rings is 1. The lowest BCUT2D eigenvalue weighted by Crippen LogP contribution is -2.35. The van der Waals surface area contributed by atoms with E-state index in [1.54, 1.807) is 50.8 Å². The van der Waals surface area contributed by atoms with Crippen molar-refractivity contribution >= 4 is 17.5 Å². The van der Waals surface area contributed by atoms with Crippen molar-refractivity contribution in [2.45, 2.75) is 6.54 Å². The highest BCUT2D eigenvalue weighted by atomic mass is 16.5. The van der Waals surface area contributed by atoms with E-state index in [1.807, 2.05) is 12.1 Å². The lowest BCUT2D eigenvalue weighted by atomic mass is 10.1. The average Bonchev–Trinajstić information content (AvgIpc) is 3.19. The quantitative estimate of drug-likeness (QED) is 0.692. The summed E-state index contributed by atoms with van der Waals surface area (Å²) >= 11 is 0. The number of benzene rings is 1. The predicted octanol–water partition coefficient (Wildman–Crippen LogP) is 2.36. The summed E-state index contributed by atoms with van der Waals surface area (Å²) in [5.74, 6) is 0.782. The van der Waals surface area contributed by atoms with Crippen LogP contribution in [0.1, 0.15) is 16.1 Å². The van der Waals surface area contributed by atoms with Gasteiger partial charge in [-0.2, -0.15) is 0 Å². The molecule has 0 atom stereocenters. The predicted molar refractivity (Wildman–Crippen MR) is 101 cm³/mol. The molecular formula is C20H18N4O4. The first-order chi connectivity index (χ1) is 13.5. The minimum Gasteiger partial charge on any atom is -0.482 e. The van der Waals surface area contributed by atoms with Crippen LogP contribution in [-0.2, 0) is 11.3 Å². The highest BCUT2D eigenvalue weighted by Crippen LogP contribution is 2.32. The number of carbonyl (C=O) groups is 2. The maximum atomic E-state index is 12.8. The second-order valence-electron chi connectivity index (χ2n) is 6.51. The molecule has 0 fully saturated rings. The standard InChI is InChI=1S/C20H18N4O4/c1-23(11-15-9-16(22-28-15)14-4-3-7-21-10-14)20(26)13-5-6-18-17(8-13)24(2)19(25)12-27-18/h3-10H,11-12H2,1-2H3. The van der Waals surface area contributed by atoms with Crippen molar-refractivity contribution in [2.75, 3.05) is 25.6 Å². The van der Waals surface area contributed by atoms with E-state index in [0.29, 0.717) is 28.5 Å². The number of nitrogens with zero attached hydrogens (tertiary/aromatic N) is 4. The van der Waals surface area contributed by atoms with Gasteiger partial charge in [-0.1, -0.05) is 5.16 Å². The zero-order valence-corrected chi connectivity index (χ0v) is 15.5. The van der Waals surface area contributed by atoms with E-state index in [1.165, 1.54) is 9.80 Å². The molecule has 0 bridgehead atoms. The van der Waals surface area contributed by atoms with Crippen LogP contribution in [0.25, 0.3) is 11.3 Å². The van der Waals surface area contributed by atoms with Gasteiger partial charge in [-0.15, -0.1) is 0 Å². The van der Waals surface area contributed by atoms with Crippen molar-refractivity contribution in [3.05, 3.63) is 60.1 Å². The van der Waals surface area contributed by atoms with Gasteiger partial charge >= 0.3 is 0 Å². The van der Waals surface area contributed by atoms with Gasteiger partial charge in [0, 0.05) is 43.7 Å². The van der Waals surface area contributed by atoms with Gasteiger partial charge in [0.25, 0.3) is 11.8 Å². The molecule has 1 aliphatic rings. The number of carbonyl (C=O) groups excluding carboxylic acids is 2. The number of ether oxygens (including phenoxy) is 1. The largest absolute Gasteiger partial charge is 0.482 e. The summed E-state index contributed by atoms with van der Waals surface area (Å²) in [6.45, 7) is 0.260. The Kier molecular flexibility index (Phi) is 4.52. The number of anilines is 1. The second kappa shape index (κ2) is 7.15. The first kappa shape index (κ1) is 17.7. The van der Waals surface area contributed by atoms with Gasteiger partial charge in [-0.3, -0.25) is 14.6 Å². The van der Waals surface area contributed by atoms with Crippen LogP contribution in [-0.4, -0.2) is 47.6 Å². The van der Waals surface area contributed by atoms with Gasteiger partial charge in [0.1, 0.15) is 11.4 Å². The Morgan fingerprint density at radius 2 is 2.14 bits per heavy atom. The Hall–Kier alpha value is -3.68. The van der Waals surface area contributed by atoms with Crippen molar-refractivity contribution in [3.63, 3.8) is 0 Å². The van der Waals surface area contributed by atoms with E-state index < -0.39 is 0 Å². The fourth-order valence-electron chi connectivity index (χ4n) is 2.97. The van der Waals surface area contributed by atoms with Gasteiger partial charge in [-0.25, -0.2) is 0 Å². The van der Waals surface area contributed by atoms with E-state index in [0.717, 1.165) is 5.56 Å². The van der Waals surface area contributed by atoms with Gasteiger partial charge in [-0.05, 0) is 30.3 Å². The molecule has 0 aliphatic carbocycles. The number of amides is 2. The number of fused-ring (bicyclic) bond motifs is 1. The molecule has 0 unspecified atom stereocenters. The Morgan fingerprint density at radius 3 is 2.93 bits per heavy atom. The summed E-state index contributed by atoms with van der Waals surface area (Å²) in [6.07, 6.45) is 3.38. The molecule has 142 valence electrons. The minimum atomic E-state index is -0.200. The second-order valence-corrected chi connectivity index (χ2v) is 6.51. The number of hydrogen-bond acceptors (Lipinski definition) is 6. The van der Waals surface area contributed by atoms with Crippen LogP contribution < -0.4 is 9.64 Å². The summed E-state index contributed by atoms with van der Waals surface area (Å²) in [5.41, 5.74) is 2.54. The third kappa shape index (κ3) is 3.32. The Balaban J connectivity index is 1.50. The van der Waals surface area contributed by atoms with E-state index in [4.69, 9.17) is 9.26 Å². The summed E-state index contributed by atoms with van der Waals surface area (Å²) in [5, 5.41) is 4.03. The maximum Gasteiger partial charge on any atom is 0.264 e. The molecule has 8 nitrogen and oxygen atoms in total. The molecule has 3 aromatic rings. The van der Waals surface area contributed by atoms with Gasteiger partial charge < -0.3 is 19.1 Å². The van der Waals surface area contributed by atoms with Crippen LogP contribution in [0.4, 0.5) is 5.69 Å². The molecule has 0 spiro atoms. The Bertz CT molecular complexity index is 1030. The van der Waals surface area contributed by atoms with Crippen LogP contribution in [0, 0.1) is 0 Å². The molecule has 2 aromatic heterocycles. The molecule has 2 amide bonds. The van der Waals surface area contributed by atoms with E-state index >= 15 is 0 Å². The smallest absolute Gasteiger partial charge is 0.264 e. The fraction of sp³-hybridized carbons (Fsp3) is 0.200. The van der Waals surface area contributed by atoms with Crippen LogP contribution in [0.5, 0.6) is 5.75 Å². The molecule has 28 heavy (non-hydrogen) atoms. The SMILES string of the molecule is CN(Cc1cc(-c2cccnc2)no1)C(=O)c1ccc2c(c1)N(C)C(=O)CO2. The van der Waals surface area contributed by atoms with Crippen molar-refractivity contribution in [2.24, 2.45) is 0 Å². The first-order valence-corrected chi connectivity index (χ1v) is 8.68. The van der Waals surface area contributed by atoms with E-state index in [9.17, 15) is 9.59 Å². The Labute approximate surface area is 161 Å². The molecule has 0 radical (unpaired) electrons. The number of hydrogen-bond donors (Lipinski definition) is 0. The molecular weight excluding hydrogens is 360 g/mol. The minimum absolute atomic E-state index is 0.00145. The highest BCUT2D eigenvalue weighted by Gasteiger charge is 2.24. The highest BCUT2D eigenvalue weighted by molar-refractivity contribution is 6.00. The normalized spacial score (nSPS) is 13.1. The molecule has 0 saturated carbocycles. The average molecular weight is 378 g/mol. The van der Waals surface area contributed by atoms with Crippen LogP contribution in [0.3, 0.4) is 0 Å². The third-order valence-electron chi connectivity index (χ3n) is 4.55. The number of rotatable bonds is 4. The zero-order chi connectivity index (χ0) is 19.7. The Morgan fingerprint density at radius 1 is 1.29 bits per heavy atom. The topological polar surface area (TPSA) is 88.8 Å². The van der Waals surface area contributed by atoms with E-state index in [-0.39, 0.29) is 25.0 Å². The summed E-state index contributed by atoms with van der Waals surface area (Å²) in [4.78, 5) is 31.7. The third-order valence-corrected chi connectivity index (χ3v) is 4.55. The van der Waals surface area contributed by atoms with Gasteiger partial charge in [0.15, 0.2) is 12.4 Å². The van der Waals surface area contributed by atoms with Crippen molar-refractivity contribution in [1.82, 2.24) is 15.0 Å². The van der Waals surface area contributed by atoms with Crippen LogP contribution >= 0.6 is 0 Å². The molecule has 4 rings (SSSR count). The van der Waals surface area contributed by atoms with Crippen LogP contribution in [0.2, 0.25) is 0 Å². The summed E-state index contributed by atoms with van der Waals surface area (Å²) < 4.78 is 10.8.